The lowest BCUT2D eigenvalue weighted by Crippen LogP contribution is -2.17. The number of nitrogens with one attached hydrogen (secondary N) is 3. The van der Waals surface area contributed by atoms with Crippen molar-refractivity contribution < 1.29 is 18.1 Å². The molecule has 0 aliphatic rings. The number of anilines is 2. The van der Waals surface area contributed by atoms with Gasteiger partial charge in [-0.3, -0.25) is 19.6 Å². The van der Waals surface area contributed by atoms with Crippen LogP contribution in [0.25, 0.3) is 10.9 Å². The lowest BCUT2D eigenvalue weighted by molar-refractivity contribution is -0.384. The number of hydrogen-bond acceptors (Lipinski definition) is 5. The number of aromatic amines is 1. The van der Waals surface area contributed by atoms with Crippen molar-refractivity contribution in [3.8, 4) is 0 Å². The first kappa shape index (κ1) is 20.1. The number of carbonyl (C=O) groups is 1. The molecule has 4 aromatic rings. The van der Waals surface area contributed by atoms with E-state index in [0.717, 1.165) is 35.2 Å². The molecule has 3 aromatic carbocycles. The highest BCUT2D eigenvalue weighted by Crippen LogP contribution is 2.26. The molecule has 4 rings (SSSR count). The van der Waals surface area contributed by atoms with Crippen LogP contribution in [0.5, 0.6) is 0 Å². The number of fused-ring (bicyclic) bond motifs is 1. The molecule has 0 radical (unpaired) electrons. The van der Waals surface area contributed by atoms with Crippen molar-refractivity contribution in [1.82, 2.24) is 4.98 Å². The van der Waals surface area contributed by atoms with E-state index in [2.05, 4.69) is 15.0 Å². The number of H-pyrrole nitrogens is 1. The molecular weight excluding hydrogens is 420 g/mol. The molecule has 0 saturated carbocycles. The number of sulfonamides is 1. The molecule has 1 amide bonds. The number of non-ortho nitro benzene ring substituents is 1. The van der Waals surface area contributed by atoms with Crippen molar-refractivity contribution in [2.45, 2.75) is 4.90 Å². The van der Waals surface area contributed by atoms with Crippen LogP contribution in [-0.2, 0) is 10.0 Å². The topological polar surface area (TPSA) is 134 Å². The smallest absolute Gasteiger partial charge is 0.272 e. The Bertz CT molecular complexity index is 1360. The zero-order chi connectivity index (χ0) is 22.0. The van der Waals surface area contributed by atoms with Gasteiger partial charge in [0, 0.05) is 23.0 Å². The van der Waals surface area contributed by atoms with E-state index in [9.17, 15) is 23.3 Å². The van der Waals surface area contributed by atoms with Crippen LogP contribution < -0.4 is 10.0 Å². The third-order valence-electron chi connectivity index (χ3n) is 4.55. The standard InChI is InChI=1S/C21H16N4O5S/c26-21(20-13-14-5-1-2-6-17(14)22-20)23-18-7-3-4-8-19(18)24-31(29,30)16-11-9-15(10-12-16)25(27)28/h1-13,22,24H,(H,23,26). The van der Waals surface area contributed by atoms with Crippen LogP contribution in [-0.4, -0.2) is 24.2 Å². The predicted octanol–water partition coefficient (Wildman–Crippen LogP) is 4.13. The Morgan fingerprint density at radius 2 is 1.55 bits per heavy atom. The van der Waals surface area contributed by atoms with Crippen molar-refractivity contribution in [3.63, 3.8) is 0 Å². The zero-order valence-electron chi connectivity index (χ0n) is 15.9. The van der Waals surface area contributed by atoms with Gasteiger partial charge in [-0.15, -0.1) is 0 Å². The summed E-state index contributed by atoms with van der Waals surface area (Å²) in [5.74, 6) is -0.432. The van der Waals surface area contributed by atoms with Gasteiger partial charge in [0.2, 0.25) is 0 Å². The molecule has 0 bridgehead atoms. The fourth-order valence-electron chi connectivity index (χ4n) is 3.02. The Morgan fingerprint density at radius 3 is 2.23 bits per heavy atom. The third kappa shape index (κ3) is 4.23. The van der Waals surface area contributed by atoms with Gasteiger partial charge in [0.1, 0.15) is 5.69 Å². The number of aromatic nitrogens is 1. The van der Waals surface area contributed by atoms with Gasteiger partial charge in [-0.05, 0) is 36.4 Å². The fraction of sp³-hybridized carbons (Fsp3) is 0. The average Bonchev–Trinajstić information content (AvgIpc) is 3.19. The summed E-state index contributed by atoms with van der Waals surface area (Å²) in [6, 6.07) is 20.0. The summed E-state index contributed by atoms with van der Waals surface area (Å²) < 4.78 is 27.8. The molecule has 0 spiro atoms. The molecule has 0 unspecified atom stereocenters. The van der Waals surface area contributed by atoms with Gasteiger partial charge in [0.25, 0.3) is 21.6 Å². The maximum atomic E-state index is 12.7. The first-order valence-corrected chi connectivity index (χ1v) is 10.6. The van der Waals surface area contributed by atoms with Crippen LogP contribution in [0.3, 0.4) is 0 Å². The maximum absolute atomic E-state index is 12.7. The minimum Gasteiger partial charge on any atom is -0.351 e. The predicted molar refractivity (Wildman–Crippen MR) is 117 cm³/mol. The van der Waals surface area contributed by atoms with Crippen LogP contribution in [0.2, 0.25) is 0 Å². The van der Waals surface area contributed by atoms with E-state index < -0.39 is 20.9 Å². The first-order valence-electron chi connectivity index (χ1n) is 9.09. The first-order chi connectivity index (χ1) is 14.8. The second-order valence-corrected chi connectivity index (χ2v) is 8.31. The normalized spacial score (nSPS) is 11.2. The highest BCUT2D eigenvalue weighted by atomic mass is 32.2. The number of hydrogen-bond donors (Lipinski definition) is 3. The number of nitro groups is 1. The molecule has 156 valence electrons. The number of carbonyl (C=O) groups excluding carboxylic acids is 1. The Balaban J connectivity index is 1.58. The summed E-state index contributed by atoms with van der Waals surface area (Å²) in [6.07, 6.45) is 0. The molecule has 0 aliphatic heterocycles. The van der Waals surface area contributed by atoms with E-state index in [1.54, 1.807) is 24.3 Å². The molecular formula is C21H16N4O5S. The molecule has 10 heteroatoms. The summed E-state index contributed by atoms with van der Waals surface area (Å²) in [5.41, 5.74) is 1.33. The lowest BCUT2D eigenvalue weighted by Gasteiger charge is -2.13. The number of nitro benzene ring substituents is 1. The highest BCUT2D eigenvalue weighted by Gasteiger charge is 2.19. The van der Waals surface area contributed by atoms with Gasteiger partial charge < -0.3 is 10.3 Å². The molecule has 0 fully saturated rings. The molecule has 1 aromatic heterocycles. The van der Waals surface area contributed by atoms with Gasteiger partial charge in [-0.1, -0.05) is 30.3 Å². The van der Waals surface area contributed by atoms with Crippen molar-refractivity contribution >= 4 is 43.9 Å². The van der Waals surface area contributed by atoms with Crippen molar-refractivity contribution in [3.05, 3.63) is 94.7 Å². The van der Waals surface area contributed by atoms with Crippen LogP contribution in [0, 0.1) is 10.1 Å². The summed E-state index contributed by atoms with van der Waals surface area (Å²) in [6.45, 7) is 0. The number of para-hydroxylation sites is 3. The van der Waals surface area contributed by atoms with Gasteiger partial charge >= 0.3 is 0 Å². The van der Waals surface area contributed by atoms with Crippen LogP contribution in [0.1, 0.15) is 10.5 Å². The lowest BCUT2D eigenvalue weighted by atomic mass is 10.2. The second kappa shape index (κ2) is 7.92. The largest absolute Gasteiger partial charge is 0.351 e. The Kier molecular flexibility index (Phi) is 5.14. The van der Waals surface area contributed by atoms with E-state index in [-0.39, 0.29) is 22.0 Å². The van der Waals surface area contributed by atoms with E-state index >= 15 is 0 Å². The minimum absolute atomic E-state index is 0.144. The molecule has 0 saturated heterocycles. The number of amides is 1. The molecule has 3 N–H and O–H groups in total. The summed E-state index contributed by atoms with van der Waals surface area (Å²) in [4.78, 5) is 25.7. The van der Waals surface area contributed by atoms with Crippen LogP contribution in [0.4, 0.5) is 17.1 Å². The summed E-state index contributed by atoms with van der Waals surface area (Å²) >= 11 is 0. The molecule has 0 atom stereocenters. The minimum atomic E-state index is -4.03. The Hall–Kier alpha value is -4.18. The highest BCUT2D eigenvalue weighted by molar-refractivity contribution is 7.92. The van der Waals surface area contributed by atoms with E-state index in [1.807, 2.05) is 24.3 Å². The van der Waals surface area contributed by atoms with E-state index in [0.29, 0.717) is 5.69 Å². The van der Waals surface area contributed by atoms with Crippen molar-refractivity contribution in [1.29, 1.82) is 0 Å². The number of benzene rings is 3. The molecule has 31 heavy (non-hydrogen) atoms. The quantitative estimate of drug-likeness (QED) is 0.309. The van der Waals surface area contributed by atoms with E-state index in [1.165, 1.54) is 6.07 Å². The van der Waals surface area contributed by atoms with Crippen molar-refractivity contribution in [2.75, 3.05) is 10.0 Å². The third-order valence-corrected chi connectivity index (χ3v) is 5.93. The van der Waals surface area contributed by atoms with E-state index in [4.69, 9.17) is 0 Å². The van der Waals surface area contributed by atoms with Gasteiger partial charge in [-0.2, -0.15) is 0 Å². The second-order valence-electron chi connectivity index (χ2n) is 6.63. The number of nitrogens with zero attached hydrogens (tertiary/aromatic N) is 1. The SMILES string of the molecule is O=C(Nc1ccccc1NS(=O)(=O)c1ccc([N+](=O)[O-])cc1)c1cc2ccccc2[nH]1. The molecule has 9 nitrogen and oxygen atoms in total. The summed E-state index contributed by atoms with van der Waals surface area (Å²) in [5, 5.41) is 14.3. The Morgan fingerprint density at radius 1 is 0.903 bits per heavy atom. The fourth-order valence-corrected chi connectivity index (χ4v) is 4.10. The summed E-state index contributed by atoms with van der Waals surface area (Å²) in [7, 11) is -4.03. The van der Waals surface area contributed by atoms with Gasteiger partial charge in [0.05, 0.1) is 21.2 Å². The molecule has 1 heterocycles. The maximum Gasteiger partial charge on any atom is 0.272 e. The monoisotopic (exact) mass is 436 g/mol. The Labute approximate surface area is 176 Å². The van der Waals surface area contributed by atoms with Crippen LogP contribution >= 0.6 is 0 Å². The average molecular weight is 436 g/mol. The zero-order valence-corrected chi connectivity index (χ0v) is 16.7. The van der Waals surface area contributed by atoms with Gasteiger partial charge in [0.15, 0.2) is 0 Å². The van der Waals surface area contributed by atoms with Crippen LogP contribution in [0.15, 0.2) is 83.8 Å². The molecule has 0 aliphatic carbocycles. The van der Waals surface area contributed by atoms with Gasteiger partial charge in [-0.25, -0.2) is 8.42 Å². The number of rotatable bonds is 6. The van der Waals surface area contributed by atoms with Crippen molar-refractivity contribution in [2.24, 2.45) is 0 Å².